The average Bonchev–Trinajstić information content (AvgIpc) is 2.86. The summed E-state index contributed by atoms with van der Waals surface area (Å²) in [5.41, 5.74) is 2.72. The molecule has 1 N–H and O–H groups in total. The molecule has 0 radical (unpaired) electrons. The number of hydrogen-bond acceptors (Lipinski definition) is 3. The van der Waals surface area contributed by atoms with Crippen LogP contribution in [0.5, 0.6) is 5.88 Å². The van der Waals surface area contributed by atoms with Gasteiger partial charge in [-0.3, -0.25) is 0 Å². The van der Waals surface area contributed by atoms with E-state index >= 15 is 0 Å². The molecular formula is C16H17FN2O. The predicted molar refractivity (Wildman–Crippen MR) is 76.5 cm³/mol. The molecule has 1 aromatic heterocycles. The zero-order valence-corrected chi connectivity index (χ0v) is 11.4. The third-order valence-corrected chi connectivity index (χ3v) is 3.60. The highest BCUT2D eigenvalue weighted by Crippen LogP contribution is 2.36. The Balaban J connectivity index is 1.86. The van der Waals surface area contributed by atoms with Gasteiger partial charge in [-0.15, -0.1) is 0 Å². The molecule has 0 aliphatic heterocycles. The molecular weight excluding hydrogens is 255 g/mol. The topological polar surface area (TPSA) is 34.1 Å². The molecule has 0 fully saturated rings. The van der Waals surface area contributed by atoms with Gasteiger partial charge in [-0.2, -0.15) is 0 Å². The lowest BCUT2D eigenvalue weighted by molar-refractivity contribution is 0.328. The van der Waals surface area contributed by atoms with Crippen LogP contribution in [0, 0.1) is 5.82 Å². The second kappa shape index (κ2) is 5.49. The van der Waals surface area contributed by atoms with E-state index in [-0.39, 0.29) is 11.9 Å². The SMILES string of the molecule is CCOc1ncccc1NC1CCc2c(F)cccc21. The maximum Gasteiger partial charge on any atom is 0.237 e. The number of benzene rings is 1. The van der Waals surface area contributed by atoms with Crippen LogP contribution < -0.4 is 10.1 Å². The smallest absolute Gasteiger partial charge is 0.237 e. The van der Waals surface area contributed by atoms with Crippen LogP contribution in [-0.4, -0.2) is 11.6 Å². The van der Waals surface area contributed by atoms with Crippen molar-refractivity contribution in [1.82, 2.24) is 4.98 Å². The molecule has 0 saturated carbocycles. The standard InChI is InChI=1S/C16H17FN2O/c1-2-20-16-15(7-4-10-18-16)19-14-9-8-11-12(14)5-3-6-13(11)17/h3-7,10,14,19H,2,8-9H2,1H3. The van der Waals surface area contributed by atoms with Crippen LogP contribution in [0.4, 0.5) is 10.1 Å². The van der Waals surface area contributed by atoms with Crippen LogP contribution in [0.25, 0.3) is 0 Å². The van der Waals surface area contributed by atoms with Crippen LogP contribution in [0.2, 0.25) is 0 Å². The molecule has 0 bridgehead atoms. The number of anilines is 1. The number of fused-ring (bicyclic) bond motifs is 1. The van der Waals surface area contributed by atoms with Gasteiger partial charge < -0.3 is 10.1 Å². The Bertz CT molecular complexity index is 615. The fourth-order valence-electron chi connectivity index (χ4n) is 2.70. The highest BCUT2D eigenvalue weighted by atomic mass is 19.1. The first kappa shape index (κ1) is 12.9. The van der Waals surface area contributed by atoms with E-state index in [9.17, 15) is 4.39 Å². The molecule has 104 valence electrons. The normalized spacial score (nSPS) is 16.8. The quantitative estimate of drug-likeness (QED) is 0.921. The van der Waals surface area contributed by atoms with E-state index < -0.39 is 0 Å². The predicted octanol–water partition coefficient (Wildman–Crippen LogP) is 3.72. The van der Waals surface area contributed by atoms with Gasteiger partial charge in [0.05, 0.1) is 18.3 Å². The zero-order valence-electron chi connectivity index (χ0n) is 11.4. The number of rotatable bonds is 4. The minimum atomic E-state index is -0.108. The maximum absolute atomic E-state index is 13.7. The Morgan fingerprint density at radius 1 is 1.35 bits per heavy atom. The number of aromatic nitrogens is 1. The van der Waals surface area contributed by atoms with Crippen LogP contribution >= 0.6 is 0 Å². The minimum absolute atomic E-state index is 0.108. The number of nitrogens with zero attached hydrogens (tertiary/aromatic N) is 1. The lowest BCUT2D eigenvalue weighted by Crippen LogP contribution is -2.09. The molecule has 1 unspecified atom stereocenters. The van der Waals surface area contributed by atoms with Gasteiger partial charge in [-0.1, -0.05) is 12.1 Å². The van der Waals surface area contributed by atoms with Crippen LogP contribution in [0.3, 0.4) is 0 Å². The van der Waals surface area contributed by atoms with Crippen LogP contribution in [0.15, 0.2) is 36.5 Å². The largest absolute Gasteiger partial charge is 0.476 e. The van der Waals surface area contributed by atoms with E-state index in [1.54, 1.807) is 12.3 Å². The number of hydrogen-bond donors (Lipinski definition) is 1. The first-order valence-electron chi connectivity index (χ1n) is 6.91. The van der Waals surface area contributed by atoms with Crippen LogP contribution in [0.1, 0.15) is 30.5 Å². The van der Waals surface area contributed by atoms with E-state index in [1.165, 1.54) is 6.07 Å². The third-order valence-electron chi connectivity index (χ3n) is 3.60. The van der Waals surface area contributed by atoms with E-state index in [0.29, 0.717) is 12.5 Å². The lowest BCUT2D eigenvalue weighted by Gasteiger charge is -2.17. The van der Waals surface area contributed by atoms with Gasteiger partial charge in [-0.05, 0) is 49.1 Å². The maximum atomic E-state index is 13.7. The zero-order chi connectivity index (χ0) is 13.9. The highest BCUT2D eigenvalue weighted by Gasteiger charge is 2.25. The van der Waals surface area contributed by atoms with Gasteiger partial charge in [0, 0.05) is 6.20 Å². The fourth-order valence-corrected chi connectivity index (χ4v) is 2.70. The van der Waals surface area contributed by atoms with Gasteiger partial charge in [0.2, 0.25) is 5.88 Å². The van der Waals surface area contributed by atoms with E-state index in [4.69, 9.17) is 4.74 Å². The molecule has 0 spiro atoms. The monoisotopic (exact) mass is 272 g/mol. The summed E-state index contributed by atoms with van der Waals surface area (Å²) in [5.74, 6) is 0.489. The summed E-state index contributed by atoms with van der Waals surface area (Å²) in [7, 11) is 0. The number of nitrogens with one attached hydrogen (secondary N) is 1. The summed E-state index contributed by atoms with van der Waals surface area (Å²) >= 11 is 0. The molecule has 1 aliphatic carbocycles. The third kappa shape index (κ3) is 2.33. The molecule has 3 nitrogen and oxygen atoms in total. The Hall–Kier alpha value is -2.10. The highest BCUT2D eigenvalue weighted by molar-refractivity contribution is 5.55. The Kier molecular flexibility index (Phi) is 3.54. The van der Waals surface area contributed by atoms with Crippen molar-refractivity contribution >= 4 is 5.69 Å². The van der Waals surface area contributed by atoms with E-state index in [0.717, 1.165) is 29.7 Å². The Morgan fingerprint density at radius 3 is 3.10 bits per heavy atom. The molecule has 0 saturated heterocycles. The van der Waals surface area contributed by atoms with Gasteiger partial charge in [0.15, 0.2) is 0 Å². The number of halogens is 1. The van der Waals surface area contributed by atoms with Crippen molar-refractivity contribution in [3.63, 3.8) is 0 Å². The molecule has 1 aromatic carbocycles. The summed E-state index contributed by atoms with van der Waals surface area (Å²) in [6.45, 7) is 2.50. The van der Waals surface area contributed by atoms with Crippen molar-refractivity contribution in [2.45, 2.75) is 25.8 Å². The second-order valence-corrected chi connectivity index (χ2v) is 4.83. The molecule has 2 aromatic rings. The molecule has 0 amide bonds. The summed E-state index contributed by atoms with van der Waals surface area (Å²) in [5, 5.41) is 3.42. The van der Waals surface area contributed by atoms with Gasteiger partial charge in [0.25, 0.3) is 0 Å². The average molecular weight is 272 g/mol. The van der Waals surface area contributed by atoms with E-state index in [2.05, 4.69) is 10.3 Å². The first-order chi connectivity index (χ1) is 9.79. The molecule has 1 heterocycles. The number of ether oxygens (including phenoxy) is 1. The second-order valence-electron chi connectivity index (χ2n) is 4.83. The van der Waals surface area contributed by atoms with Crippen molar-refractivity contribution in [3.8, 4) is 5.88 Å². The summed E-state index contributed by atoms with van der Waals surface area (Å²) in [4.78, 5) is 4.23. The fraction of sp³-hybridized carbons (Fsp3) is 0.312. The molecule has 1 atom stereocenters. The summed E-state index contributed by atoms with van der Waals surface area (Å²) in [6, 6.07) is 9.20. The molecule has 1 aliphatic rings. The Morgan fingerprint density at radius 2 is 2.25 bits per heavy atom. The molecule has 3 rings (SSSR count). The van der Waals surface area contributed by atoms with Crippen molar-refractivity contribution in [2.24, 2.45) is 0 Å². The van der Waals surface area contributed by atoms with Crippen molar-refractivity contribution < 1.29 is 9.13 Å². The Labute approximate surface area is 117 Å². The first-order valence-corrected chi connectivity index (χ1v) is 6.91. The van der Waals surface area contributed by atoms with Gasteiger partial charge in [-0.25, -0.2) is 9.37 Å². The van der Waals surface area contributed by atoms with Crippen molar-refractivity contribution in [3.05, 3.63) is 53.5 Å². The van der Waals surface area contributed by atoms with E-state index in [1.807, 2.05) is 25.1 Å². The summed E-state index contributed by atoms with van der Waals surface area (Å²) < 4.78 is 19.2. The lowest BCUT2D eigenvalue weighted by atomic mass is 10.1. The minimum Gasteiger partial charge on any atom is -0.476 e. The van der Waals surface area contributed by atoms with Gasteiger partial charge >= 0.3 is 0 Å². The molecule has 4 heteroatoms. The van der Waals surface area contributed by atoms with Crippen molar-refractivity contribution in [2.75, 3.05) is 11.9 Å². The summed E-state index contributed by atoms with van der Waals surface area (Å²) in [6.07, 6.45) is 3.36. The molecule has 20 heavy (non-hydrogen) atoms. The van der Waals surface area contributed by atoms with Crippen molar-refractivity contribution in [1.29, 1.82) is 0 Å². The number of pyridine rings is 1. The van der Waals surface area contributed by atoms with Crippen LogP contribution in [-0.2, 0) is 6.42 Å². The van der Waals surface area contributed by atoms with Gasteiger partial charge in [0.1, 0.15) is 5.82 Å².